The van der Waals surface area contributed by atoms with Crippen LogP contribution < -0.4 is 15.8 Å². The highest BCUT2D eigenvalue weighted by molar-refractivity contribution is 7.89. The van der Waals surface area contributed by atoms with Gasteiger partial charge >= 0.3 is 0 Å². The molecule has 0 spiro atoms. The first-order chi connectivity index (χ1) is 9.77. The Kier molecular flexibility index (Phi) is 6.32. The van der Waals surface area contributed by atoms with Gasteiger partial charge < -0.3 is 11.1 Å². The molecule has 118 valence electrons. The third-order valence-corrected chi connectivity index (χ3v) is 4.75. The molecule has 0 aliphatic carbocycles. The molecule has 0 radical (unpaired) electrons. The topological polar surface area (TPSA) is 101 Å². The van der Waals surface area contributed by atoms with Gasteiger partial charge in [-0.15, -0.1) is 0 Å². The van der Waals surface area contributed by atoms with Gasteiger partial charge in [-0.3, -0.25) is 4.79 Å². The first-order valence-corrected chi connectivity index (χ1v) is 8.30. The van der Waals surface area contributed by atoms with Gasteiger partial charge in [0, 0.05) is 26.1 Å². The van der Waals surface area contributed by atoms with Crippen molar-refractivity contribution in [2.45, 2.75) is 32.1 Å². The maximum atomic E-state index is 12.3. The molecular weight excluding hydrogens is 290 g/mol. The minimum Gasteiger partial charge on any atom is -0.355 e. The summed E-state index contributed by atoms with van der Waals surface area (Å²) in [4.78, 5) is 11.7. The van der Waals surface area contributed by atoms with Gasteiger partial charge in [-0.1, -0.05) is 17.7 Å². The van der Waals surface area contributed by atoms with Crippen LogP contribution in [0.15, 0.2) is 17.0 Å². The summed E-state index contributed by atoms with van der Waals surface area (Å²) >= 11 is 0. The van der Waals surface area contributed by atoms with Gasteiger partial charge in [-0.2, -0.15) is 0 Å². The van der Waals surface area contributed by atoms with Gasteiger partial charge in [-0.05, 0) is 31.9 Å². The zero-order chi connectivity index (χ0) is 16.0. The highest BCUT2D eigenvalue weighted by atomic mass is 32.2. The predicted octanol–water partition coefficient (Wildman–Crippen LogP) is 0.355. The second-order valence-electron chi connectivity index (χ2n) is 5.01. The largest absolute Gasteiger partial charge is 0.355 e. The highest BCUT2D eigenvalue weighted by Crippen LogP contribution is 2.21. The van der Waals surface area contributed by atoms with E-state index in [4.69, 9.17) is 5.73 Å². The summed E-state index contributed by atoms with van der Waals surface area (Å²) < 4.78 is 27.1. The number of nitrogens with two attached hydrogens (primary N) is 1. The van der Waals surface area contributed by atoms with Crippen molar-refractivity contribution in [3.63, 3.8) is 0 Å². The van der Waals surface area contributed by atoms with Gasteiger partial charge in [0.05, 0.1) is 4.90 Å². The lowest BCUT2D eigenvalue weighted by atomic mass is 10.1. The monoisotopic (exact) mass is 313 g/mol. The molecule has 0 aliphatic heterocycles. The number of nitrogens with one attached hydrogen (secondary N) is 2. The maximum Gasteiger partial charge on any atom is 0.241 e. The molecule has 0 fully saturated rings. The first kappa shape index (κ1) is 17.6. The van der Waals surface area contributed by atoms with Gasteiger partial charge in [-0.25, -0.2) is 13.1 Å². The number of sulfonamides is 1. The van der Waals surface area contributed by atoms with Crippen LogP contribution in [0.1, 0.15) is 23.1 Å². The van der Waals surface area contributed by atoms with E-state index in [1.54, 1.807) is 13.8 Å². The lowest BCUT2D eigenvalue weighted by Crippen LogP contribution is -2.33. The van der Waals surface area contributed by atoms with Crippen molar-refractivity contribution in [1.29, 1.82) is 0 Å². The molecule has 0 aliphatic rings. The summed E-state index contributed by atoms with van der Waals surface area (Å²) in [5.41, 5.74) is 7.69. The lowest BCUT2D eigenvalue weighted by Gasteiger charge is -2.13. The van der Waals surface area contributed by atoms with Crippen molar-refractivity contribution in [2.24, 2.45) is 5.73 Å². The van der Waals surface area contributed by atoms with E-state index < -0.39 is 10.0 Å². The highest BCUT2D eigenvalue weighted by Gasteiger charge is 2.19. The molecule has 6 nitrogen and oxygen atoms in total. The SMILES string of the molecule is Cc1cc(C)c(S(=O)(=O)NCCC(=O)NCCN)c(C)c1. The summed E-state index contributed by atoms with van der Waals surface area (Å²) in [5.74, 6) is -0.222. The molecule has 1 aromatic rings. The van der Waals surface area contributed by atoms with Gasteiger partial charge in [0.1, 0.15) is 0 Å². The average molecular weight is 313 g/mol. The van der Waals surface area contributed by atoms with Gasteiger partial charge in [0.15, 0.2) is 0 Å². The molecule has 0 aromatic heterocycles. The van der Waals surface area contributed by atoms with Crippen LogP contribution in [-0.2, 0) is 14.8 Å². The third kappa shape index (κ3) is 5.11. The zero-order valence-electron chi connectivity index (χ0n) is 12.7. The average Bonchev–Trinajstić information content (AvgIpc) is 2.34. The number of carbonyl (C=O) groups is 1. The summed E-state index contributed by atoms with van der Waals surface area (Å²) in [6.45, 7) is 6.27. The maximum absolute atomic E-state index is 12.3. The normalized spacial score (nSPS) is 11.4. The van der Waals surface area contributed by atoms with E-state index in [0.717, 1.165) is 5.56 Å². The van der Waals surface area contributed by atoms with E-state index in [2.05, 4.69) is 10.0 Å². The van der Waals surface area contributed by atoms with Crippen LogP contribution in [0.3, 0.4) is 0 Å². The summed E-state index contributed by atoms with van der Waals surface area (Å²) in [5, 5.41) is 2.59. The van der Waals surface area contributed by atoms with Crippen molar-refractivity contribution < 1.29 is 13.2 Å². The molecule has 0 unspecified atom stereocenters. The molecule has 0 saturated carbocycles. The Morgan fingerprint density at radius 1 is 1.14 bits per heavy atom. The van der Waals surface area contributed by atoms with E-state index in [0.29, 0.717) is 24.2 Å². The van der Waals surface area contributed by atoms with Crippen LogP contribution in [-0.4, -0.2) is 34.0 Å². The minimum absolute atomic E-state index is 0.0610. The fourth-order valence-electron chi connectivity index (χ4n) is 2.26. The van der Waals surface area contributed by atoms with Crippen molar-refractivity contribution in [3.8, 4) is 0 Å². The van der Waals surface area contributed by atoms with Crippen molar-refractivity contribution in [1.82, 2.24) is 10.0 Å². The zero-order valence-corrected chi connectivity index (χ0v) is 13.5. The number of rotatable bonds is 7. The van der Waals surface area contributed by atoms with Crippen molar-refractivity contribution in [2.75, 3.05) is 19.6 Å². The summed E-state index contributed by atoms with van der Waals surface area (Å²) in [7, 11) is -3.61. The van der Waals surface area contributed by atoms with Crippen LogP contribution in [0.4, 0.5) is 0 Å². The number of carbonyl (C=O) groups excluding carboxylic acids is 1. The van der Waals surface area contributed by atoms with Crippen LogP contribution in [0.25, 0.3) is 0 Å². The molecule has 0 atom stereocenters. The minimum atomic E-state index is -3.61. The van der Waals surface area contributed by atoms with Crippen molar-refractivity contribution in [3.05, 3.63) is 28.8 Å². The lowest BCUT2D eigenvalue weighted by molar-refractivity contribution is -0.120. The van der Waals surface area contributed by atoms with Crippen LogP contribution in [0.5, 0.6) is 0 Å². The Morgan fingerprint density at radius 2 is 1.71 bits per heavy atom. The standard InChI is InChI=1S/C14H23N3O3S/c1-10-8-11(2)14(12(3)9-10)21(19,20)17-6-4-13(18)16-7-5-15/h8-9,17H,4-7,15H2,1-3H3,(H,16,18). The van der Waals surface area contributed by atoms with E-state index in [-0.39, 0.29) is 23.8 Å². The Hall–Kier alpha value is -1.44. The van der Waals surface area contributed by atoms with Gasteiger partial charge in [0.2, 0.25) is 15.9 Å². The van der Waals surface area contributed by atoms with Gasteiger partial charge in [0.25, 0.3) is 0 Å². The number of aryl methyl sites for hydroxylation is 3. The Morgan fingerprint density at radius 3 is 2.24 bits per heavy atom. The number of amides is 1. The predicted molar refractivity (Wildman–Crippen MR) is 82.5 cm³/mol. The number of hydrogen-bond acceptors (Lipinski definition) is 4. The van der Waals surface area contributed by atoms with Crippen LogP contribution >= 0.6 is 0 Å². The quantitative estimate of drug-likeness (QED) is 0.676. The van der Waals surface area contributed by atoms with E-state index in [1.165, 1.54) is 0 Å². The Bertz CT molecular complexity index is 589. The van der Waals surface area contributed by atoms with Crippen molar-refractivity contribution >= 4 is 15.9 Å². The molecule has 4 N–H and O–H groups in total. The Labute approximate surface area is 126 Å². The van der Waals surface area contributed by atoms with Crippen LogP contribution in [0, 0.1) is 20.8 Å². The molecule has 7 heteroatoms. The third-order valence-electron chi connectivity index (χ3n) is 2.98. The summed E-state index contributed by atoms with van der Waals surface area (Å²) in [6, 6.07) is 3.66. The molecule has 0 bridgehead atoms. The fourth-order valence-corrected chi connectivity index (χ4v) is 3.74. The fraction of sp³-hybridized carbons (Fsp3) is 0.500. The molecule has 0 heterocycles. The second-order valence-corrected chi connectivity index (χ2v) is 6.72. The molecule has 1 rings (SSSR count). The molecule has 21 heavy (non-hydrogen) atoms. The molecule has 1 aromatic carbocycles. The molecule has 1 amide bonds. The number of hydrogen-bond donors (Lipinski definition) is 3. The van der Waals surface area contributed by atoms with Crippen LogP contribution in [0.2, 0.25) is 0 Å². The second kappa shape index (κ2) is 7.53. The molecular formula is C14H23N3O3S. The Balaban J connectivity index is 2.73. The smallest absolute Gasteiger partial charge is 0.241 e. The van der Waals surface area contributed by atoms with E-state index in [9.17, 15) is 13.2 Å². The number of benzene rings is 1. The first-order valence-electron chi connectivity index (χ1n) is 6.82. The van der Waals surface area contributed by atoms with E-state index in [1.807, 2.05) is 19.1 Å². The molecule has 0 saturated heterocycles. The summed E-state index contributed by atoms with van der Waals surface area (Å²) in [6.07, 6.45) is 0.0865. The van der Waals surface area contributed by atoms with E-state index >= 15 is 0 Å².